The molecule has 1 atom stereocenters. The standard InChI is InChI=1S/C12H23N3/c1-4-6-7-11(13)9-12-8-10(3)14-15(12)5-2/h8,11H,4-7,9,13H2,1-3H3. The molecule has 1 heterocycles. The van der Waals surface area contributed by atoms with E-state index < -0.39 is 0 Å². The van der Waals surface area contributed by atoms with Crippen molar-refractivity contribution in [1.82, 2.24) is 9.78 Å². The number of hydrogen-bond donors (Lipinski definition) is 1. The molecule has 0 bridgehead atoms. The minimum Gasteiger partial charge on any atom is -0.327 e. The van der Waals surface area contributed by atoms with E-state index in [4.69, 9.17) is 5.73 Å². The number of aryl methyl sites for hydroxylation is 2. The Morgan fingerprint density at radius 3 is 2.80 bits per heavy atom. The van der Waals surface area contributed by atoms with Crippen LogP contribution < -0.4 is 5.73 Å². The maximum atomic E-state index is 6.08. The van der Waals surface area contributed by atoms with Crippen molar-refractivity contribution in [3.05, 3.63) is 17.5 Å². The van der Waals surface area contributed by atoms with E-state index in [1.807, 2.05) is 6.92 Å². The van der Waals surface area contributed by atoms with Gasteiger partial charge in [0, 0.05) is 24.7 Å². The molecule has 0 aliphatic heterocycles. The van der Waals surface area contributed by atoms with Gasteiger partial charge in [-0.2, -0.15) is 5.10 Å². The van der Waals surface area contributed by atoms with Gasteiger partial charge in [0.2, 0.25) is 0 Å². The Morgan fingerprint density at radius 2 is 2.20 bits per heavy atom. The molecule has 0 aliphatic rings. The lowest BCUT2D eigenvalue weighted by molar-refractivity contribution is 0.536. The smallest absolute Gasteiger partial charge is 0.0596 e. The molecule has 0 fully saturated rings. The number of nitrogens with zero attached hydrogens (tertiary/aromatic N) is 2. The summed E-state index contributed by atoms with van der Waals surface area (Å²) in [5, 5.41) is 4.42. The quantitative estimate of drug-likeness (QED) is 0.781. The van der Waals surface area contributed by atoms with Crippen LogP contribution in [0.25, 0.3) is 0 Å². The van der Waals surface area contributed by atoms with Crippen LogP contribution in [0.3, 0.4) is 0 Å². The van der Waals surface area contributed by atoms with Crippen molar-refractivity contribution >= 4 is 0 Å². The molecule has 0 aliphatic carbocycles. The highest BCUT2D eigenvalue weighted by atomic mass is 15.3. The maximum Gasteiger partial charge on any atom is 0.0596 e. The largest absolute Gasteiger partial charge is 0.327 e. The monoisotopic (exact) mass is 209 g/mol. The van der Waals surface area contributed by atoms with Crippen LogP contribution in [0.5, 0.6) is 0 Å². The van der Waals surface area contributed by atoms with E-state index in [0.717, 1.165) is 25.1 Å². The first kappa shape index (κ1) is 12.2. The molecule has 86 valence electrons. The lowest BCUT2D eigenvalue weighted by atomic mass is 10.1. The lowest BCUT2D eigenvalue weighted by Gasteiger charge is -2.11. The van der Waals surface area contributed by atoms with E-state index in [2.05, 4.69) is 29.7 Å². The van der Waals surface area contributed by atoms with Gasteiger partial charge in [-0.3, -0.25) is 4.68 Å². The van der Waals surface area contributed by atoms with Crippen LogP contribution >= 0.6 is 0 Å². The summed E-state index contributed by atoms with van der Waals surface area (Å²) in [7, 11) is 0. The minimum absolute atomic E-state index is 0.284. The third kappa shape index (κ3) is 3.67. The van der Waals surface area contributed by atoms with Crippen molar-refractivity contribution in [3.63, 3.8) is 0 Å². The van der Waals surface area contributed by atoms with Gasteiger partial charge >= 0.3 is 0 Å². The van der Waals surface area contributed by atoms with Crippen molar-refractivity contribution in [2.75, 3.05) is 0 Å². The van der Waals surface area contributed by atoms with E-state index in [9.17, 15) is 0 Å². The molecular formula is C12H23N3. The van der Waals surface area contributed by atoms with Crippen LogP contribution in [0.4, 0.5) is 0 Å². The first-order valence-electron chi connectivity index (χ1n) is 5.96. The van der Waals surface area contributed by atoms with Crippen LogP contribution in [-0.2, 0) is 13.0 Å². The summed E-state index contributed by atoms with van der Waals surface area (Å²) in [5.41, 5.74) is 8.45. The molecule has 1 unspecified atom stereocenters. The molecule has 0 spiro atoms. The van der Waals surface area contributed by atoms with Gasteiger partial charge in [-0.05, 0) is 26.3 Å². The van der Waals surface area contributed by atoms with Crippen LogP contribution in [0.2, 0.25) is 0 Å². The van der Waals surface area contributed by atoms with Crippen LogP contribution in [0.15, 0.2) is 6.07 Å². The summed E-state index contributed by atoms with van der Waals surface area (Å²) in [6, 6.07) is 2.43. The molecule has 1 aromatic heterocycles. The first-order valence-corrected chi connectivity index (χ1v) is 5.96. The fraction of sp³-hybridized carbons (Fsp3) is 0.750. The zero-order chi connectivity index (χ0) is 11.3. The maximum absolute atomic E-state index is 6.08. The van der Waals surface area contributed by atoms with Gasteiger partial charge in [0.1, 0.15) is 0 Å². The summed E-state index contributed by atoms with van der Waals surface area (Å²) in [5.74, 6) is 0. The number of rotatable bonds is 6. The van der Waals surface area contributed by atoms with Crippen LogP contribution in [0, 0.1) is 6.92 Å². The fourth-order valence-electron chi connectivity index (χ4n) is 1.87. The highest BCUT2D eigenvalue weighted by molar-refractivity contribution is 5.10. The van der Waals surface area contributed by atoms with E-state index in [1.165, 1.54) is 18.5 Å². The molecule has 0 radical (unpaired) electrons. The number of nitrogens with two attached hydrogens (primary N) is 1. The van der Waals surface area contributed by atoms with Crippen LogP contribution in [0.1, 0.15) is 44.5 Å². The molecule has 2 N–H and O–H groups in total. The zero-order valence-corrected chi connectivity index (χ0v) is 10.2. The number of aromatic nitrogens is 2. The Labute approximate surface area is 92.7 Å². The molecule has 3 heteroatoms. The Hall–Kier alpha value is -0.830. The van der Waals surface area contributed by atoms with E-state index >= 15 is 0 Å². The van der Waals surface area contributed by atoms with Crippen molar-refractivity contribution in [2.45, 2.75) is 59.0 Å². The van der Waals surface area contributed by atoms with E-state index in [1.54, 1.807) is 0 Å². The molecular weight excluding hydrogens is 186 g/mol. The third-order valence-electron chi connectivity index (χ3n) is 2.68. The number of hydrogen-bond acceptors (Lipinski definition) is 2. The van der Waals surface area contributed by atoms with E-state index in [0.29, 0.717) is 0 Å². The van der Waals surface area contributed by atoms with Gasteiger partial charge < -0.3 is 5.73 Å². The van der Waals surface area contributed by atoms with Crippen molar-refractivity contribution in [2.24, 2.45) is 5.73 Å². The second-order valence-electron chi connectivity index (χ2n) is 4.20. The summed E-state index contributed by atoms with van der Waals surface area (Å²) in [6.07, 6.45) is 4.51. The average Bonchev–Trinajstić information content (AvgIpc) is 2.55. The Bertz CT molecular complexity index is 291. The second kappa shape index (κ2) is 5.91. The SMILES string of the molecule is CCCCC(N)Cc1cc(C)nn1CC. The highest BCUT2D eigenvalue weighted by Crippen LogP contribution is 2.09. The summed E-state index contributed by atoms with van der Waals surface area (Å²) in [4.78, 5) is 0. The predicted molar refractivity (Wildman–Crippen MR) is 63.8 cm³/mol. The van der Waals surface area contributed by atoms with Crippen molar-refractivity contribution < 1.29 is 0 Å². The molecule has 1 rings (SSSR count). The molecule has 0 saturated heterocycles. The van der Waals surface area contributed by atoms with E-state index in [-0.39, 0.29) is 6.04 Å². The first-order chi connectivity index (χ1) is 7.17. The molecule has 0 amide bonds. The molecule has 0 aromatic carbocycles. The Morgan fingerprint density at radius 1 is 1.47 bits per heavy atom. The average molecular weight is 209 g/mol. The van der Waals surface area contributed by atoms with Gasteiger partial charge in [0.25, 0.3) is 0 Å². The lowest BCUT2D eigenvalue weighted by Crippen LogP contribution is -2.24. The fourth-order valence-corrected chi connectivity index (χ4v) is 1.87. The highest BCUT2D eigenvalue weighted by Gasteiger charge is 2.08. The summed E-state index contributed by atoms with van der Waals surface area (Å²) in [6.45, 7) is 7.29. The van der Waals surface area contributed by atoms with Gasteiger partial charge in [0.05, 0.1) is 5.69 Å². The van der Waals surface area contributed by atoms with Crippen LogP contribution in [-0.4, -0.2) is 15.8 Å². The Balaban J connectivity index is 2.54. The van der Waals surface area contributed by atoms with Crippen molar-refractivity contribution in [1.29, 1.82) is 0 Å². The molecule has 1 aromatic rings. The molecule has 0 saturated carbocycles. The number of unbranched alkanes of at least 4 members (excludes halogenated alkanes) is 1. The molecule has 3 nitrogen and oxygen atoms in total. The topological polar surface area (TPSA) is 43.8 Å². The van der Waals surface area contributed by atoms with Gasteiger partial charge in [-0.1, -0.05) is 19.8 Å². The predicted octanol–water partition coefficient (Wildman–Crippen LogP) is 2.27. The minimum atomic E-state index is 0.284. The molecule has 15 heavy (non-hydrogen) atoms. The van der Waals surface area contributed by atoms with Gasteiger partial charge in [-0.25, -0.2) is 0 Å². The Kier molecular flexibility index (Phi) is 4.82. The summed E-state index contributed by atoms with van der Waals surface area (Å²) < 4.78 is 2.06. The van der Waals surface area contributed by atoms with Gasteiger partial charge in [-0.15, -0.1) is 0 Å². The third-order valence-corrected chi connectivity index (χ3v) is 2.68. The summed E-state index contributed by atoms with van der Waals surface area (Å²) >= 11 is 0. The zero-order valence-electron chi connectivity index (χ0n) is 10.2. The van der Waals surface area contributed by atoms with Gasteiger partial charge in [0.15, 0.2) is 0 Å². The normalized spacial score (nSPS) is 13.1. The van der Waals surface area contributed by atoms with Crippen molar-refractivity contribution in [3.8, 4) is 0 Å². The second-order valence-corrected chi connectivity index (χ2v) is 4.20.